The van der Waals surface area contributed by atoms with Crippen LogP contribution in [0.25, 0.3) is 0 Å². The van der Waals surface area contributed by atoms with E-state index in [9.17, 15) is 18.0 Å². The summed E-state index contributed by atoms with van der Waals surface area (Å²) < 4.78 is 38.9. The molecule has 0 bridgehead atoms. The number of nitrogens with zero attached hydrogens (tertiary/aromatic N) is 3. The van der Waals surface area contributed by atoms with Gasteiger partial charge in [-0.05, 0) is 42.7 Å². The highest BCUT2D eigenvalue weighted by Gasteiger charge is 2.31. The van der Waals surface area contributed by atoms with Crippen molar-refractivity contribution < 1.29 is 18.0 Å². The average Bonchev–Trinajstić information content (AvgIpc) is 2.73. The lowest BCUT2D eigenvalue weighted by Gasteiger charge is -2.38. The summed E-state index contributed by atoms with van der Waals surface area (Å²) in [5.74, 6) is 0.0744. The van der Waals surface area contributed by atoms with Gasteiger partial charge in [0.1, 0.15) is 0 Å². The molecular formula is C22H24F3N3O. The van der Waals surface area contributed by atoms with Crippen molar-refractivity contribution in [3.05, 3.63) is 59.7 Å². The van der Waals surface area contributed by atoms with Gasteiger partial charge in [-0.25, -0.2) is 0 Å². The Morgan fingerprint density at radius 1 is 0.931 bits per heavy atom. The highest BCUT2D eigenvalue weighted by atomic mass is 19.4. The van der Waals surface area contributed by atoms with Crippen LogP contribution in [-0.4, -0.2) is 50.1 Å². The van der Waals surface area contributed by atoms with Crippen LogP contribution in [0.1, 0.15) is 17.5 Å². The van der Waals surface area contributed by atoms with Gasteiger partial charge >= 0.3 is 6.18 Å². The number of benzene rings is 2. The van der Waals surface area contributed by atoms with Gasteiger partial charge in [0.25, 0.3) is 0 Å². The molecule has 4 rings (SSSR count). The number of carbonyl (C=O) groups excluding carboxylic acids is 1. The van der Waals surface area contributed by atoms with Crippen molar-refractivity contribution in [1.82, 2.24) is 4.90 Å². The number of halogens is 3. The number of hydrogen-bond acceptors (Lipinski definition) is 3. The second-order valence-corrected chi connectivity index (χ2v) is 7.57. The lowest BCUT2D eigenvalue weighted by Crippen LogP contribution is -2.51. The van der Waals surface area contributed by atoms with Gasteiger partial charge in [0, 0.05) is 44.1 Å². The number of rotatable bonds is 3. The normalized spacial score (nSPS) is 17.3. The first kappa shape index (κ1) is 19.6. The van der Waals surface area contributed by atoms with Crippen molar-refractivity contribution in [2.45, 2.75) is 19.0 Å². The smallest absolute Gasteiger partial charge is 0.368 e. The van der Waals surface area contributed by atoms with E-state index < -0.39 is 11.7 Å². The Morgan fingerprint density at radius 3 is 2.45 bits per heavy atom. The third-order valence-electron chi connectivity index (χ3n) is 5.70. The van der Waals surface area contributed by atoms with Gasteiger partial charge < -0.3 is 14.7 Å². The molecule has 1 fully saturated rings. The molecule has 4 nitrogen and oxygen atoms in total. The van der Waals surface area contributed by atoms with Crippen LogP contribution in [0.4, 0.5) is 24.5 Å². The molecule has 2 aliphatic heterocycles. The molecule has 1 saturated heterocycles. The maximum absolute atomic E-state index is 13.0. The minimum Gasteiger partial charge on any atom is -0.368 e. The molecule has 29 heavy (non-hydrogen) atoms. The summed E-state index contributed by atoms with van der Waals surface area (Å²) in [6.45, 7) is 3.32. The molecule has 2 aliphatic rings. The summed E-state index contributed by atoms with van der Waals surface area (Å²) in [7, 11) is 0. The first-order chi connectivity index (χ1) is 13.9. The Labute approximate surface area is 168 Å². The van der Waals surface area contributed by atoms with E-state index in [2.05, 4.69) is 17.0 Å². The van der Waals surface area contributed by atoms with Crippen LogP contribution in [0.3, 0.4) is 0 Å². The second-order valence-electron chi connectivity index (χ2n) is 7.57. The van der Waals surface area contributed by atoms with Gasteiger partial charge in [-0.3, -0.25) is 4.79 Å². The van der Waals surface area contributed by atoms with Gasteiger partial charge in [-0.1, -0.05) is 24.3 Å². The molecule has 0 radical (unpaired) electrons. The molecule has 1 amide bonds. The topological polar surface area (TPSA) is 26.8 Å². The van der Waals surface area contributed by atoms with E-state index in [1.807, 2.05) is 21.9 Å². The minimum atomic E-state index is -4.35. The lowest BCUT2D eigenvalue weighted by atomic mass is 10.0. The standard InChI is InChI=1S/C22H24F3N3O/c23-22(24,25)18-7-3-8-19(15-18)26-11-13-27(14-12-26)21(29)16-28-10-4-6-17-5-1-2-9-20(17)28/h1-3,5,7-9,15H,4,6,10-14,16H2. The monoisotopic (exact) mass is 403 g/mol. The summed E-state index contributed by atoms with van der Waals surface area (Å²) in [5.41, 5.74) is 2.32. The van der Waals surface area contributed by atoms with Crippen LogP contribution in [0.2, 0.25) is 0 Å². The number of para-hydroxylation sites is 1. The highest BCUT2D eigenvalue weighted by molar-refractivity contribution is 5.82. The molecule has 0 saturated carbocycles. The van der Waals surface area contributed by atoms with Crippen molar-refractivity contribution in [2.24, 2.45) is 0 Å². The predicted octanol–water partition coefficient (Wildman–Crippen LogP) is 3.81. The first-order valence-corrected chi connectivity index (χ1v) is 9.95. The largest absolute Gasteiger partial charge is 0.416 e. The van der Waals surface area contributed by atoms with Gasteiger partial charge in [-0.15, -0.1) is 0 Å². The van der Waals surface area contributed by atoms with E-state index in [1.54, 1.807) is 6.07 Å². The second kappa shape index (κ2) is 7.97. The highest BCUT2D eigenvalue weighted by Crippen LogP contribution is 2.32. The molecule has 0 atom stereocenters. The van der Waals surface area contributed by atoms with E-state index in [4.69, 9.17) is 0 Å². The van der Waals surface area contributed by atoms with Crippen LogP contribution in [0, 0.1) is 0 Å². The Balaban J connectivity index is 1.36. The molecule has 0 spiro atoms. The van der Waals surface area contributed by atoms with Gasteiger partial charge in [0.05, 0.1) is 12.1 Å². The SMILES string of the molecule is O=C(CN1CCCc2ccccc21)N1CCN(c2cccc(C(F)(F)F)c2)CC1. The quantitative estimate of drug-likeness (QED) is 0.780. The van der Waals surface area contributed by atoms with E-state index in [0.717, 1.165) is 31.1 Å². The third-order valence-corrected chi connectivity index (χ3v) is 5.70. The van der Waals surface area contributed by atoms with Crippen molar-refractivity contribution in [3.8, 4) is 0 Å². The Kier molecular flexibility index (Phi) is 5.39. The van der Waals surface area contributed by atoms with E-state index in [-0.39, 0.29) is 5.91 Å². The molecular weight excluding hydrogens is 379 g/mol. The first-order valence-electron chi connectivity index (χ1n) is 9.95. The number of aryl methyl sites for hydroxylation is 1. The molecule has 2 aromatic rings. The Morgan fingerprint density at radius 2 is 1.69 bits per heavy atom. The van der Waals surface area contributed by atoms with Crippen LogP contribution < -0.4 is 9.80 Å². The molecule has 2 heterocycles. The number of piperazine rings is 1. The summed E-state index contributed by atoms with van der Waals surface area (Å²) in [5, 5.41) is 0. The fourth-order valence-electron chi connectivity index (χ4n) is 4.13. The molecule has 0 unspecified atom stereocenters. The van der Waals surface area contributed by atoms with Crippen LogP contribution in [-0.2, 0) is 17.4 Å². The minimum absolute atomic E-state index is 0.0744. The maximum atomic E-state index is 13.0. The van der Waals surface area contributed by atoms with Crippen molar-refractivity contribution in [3.63, 3.8) is 0 Å². The number of anilines is 2. The molecule has 0 aromatic heterocycles. The van der Waals surface area contributed by atoms with Crippen LogP contribution >= 0.6 is 0 Å². The molecule has 2 aromatic carbocycles. The number of amides is 1. The van der Waals surface area contributed by atoms with E-state index in [0.29, 0.717) is 38.4 Å². The van der Waals surface area contributed by atoms with Crippen molar-refractivity contribution >= 4 is 17.3 Å². The maximum Gasteiger partial charge on any atom is 0.416 e. The summed E-state index contributed by atoms with van der Waals surface area (Å²) in [6.07, 6.45) is -2.28. The van der Waals surface area contributed by atoms with Gasteiger partial charge in [-0.2, -0.15) is 13.2 Å². The van der Waals surface area contributed by atoms with Crippen LogP contribution in [0.5, 0.6) is 0 Å². The van der Waals surface area contributed by atoms with Crippen molar-refractivity contribution in [2.75, 3.05) is 49.1 Å². The molecule has 154 valence electrons. The predicted molar refractivity (Wildman–Crippen MR) is 107 cm³/mol. The van der Waals surface area contributed by atoms with Gasteiger partial charge in [0.2, 0.25) is 5.91 Å². The zero-order chi connectivity index (χ0) is 20.4. The lowest BCUT2D eigenvalue weighted by molar-refractivity contribution is -0.137. The zero-order valence-electron chi connectivity index (χ0n) is 16.2. The van der Waals surface area contributed by atoms with Crippen LogP contribution in [0.15, 0.2) is 48.5 Å². The molecule has 0 aliphatic carbocycles. The molecule has 0 N–H and O–H groups in total. The number of fused-ring (bicyclic) bond motifs is 1. The number of alkyl halides is 3. The van der Waals surface area contributed by atoms with Gasteiger partial charge in [0.15, 0.2) is 0 Å². The third kappa shape index (κ3) is 4.33. The fraction of sp³-hybridized carbons (Fsp3) is 0.409. The van der Waals surface area contributed by atoms with E-state index >= 15 is 0 Å². The summed E-state index contributed by atoms with van der Waals surface area (Å²) >= 11 is 0. The Bertz CT molecular complexity index is 876. The molecule has 7 heteroatoms. The average molecular weight is 403 g/mol. The Hall–Kier alpha value is -2.70. The zero-order valence-corrected chi connectivity index (χ0v) is 16.2. The number of hydrogen-bond donors (Lipinski definition) is 0. The van der Waals surface area contributed by atoms with E-state index in [1.165, 1.54) is 17.7 Å². The number of carbonyl (C=O) groups is 1. The fourth-order valence-corrected chi connectivity index (χ4v) is 4.13. The summed E-state index contributed by atoms with van der Waals surface area (Å²) in [6, 6.07) is 13.6. The summed E-state index contributed by atoms with van der Waals surface area (Å²) in [4.78, 5) is 18.7. The van der Waals surface area contributed by atoms with Crippen molar-refractivity contribution in [1.29, 1.82) is 0 Å².